The topological polar surface area (TPSA) is 36.3 Å². The van der Waals surface area contributed by atoms with Crippen LogP contribution in [0, 0.1) is 17.2 Å². The van der Waals surface area contributed by atoms with Gasteiger partial charge in [0.25, 0.3) is 0 Å². The second-order valence-electron chi connectivity index (χ2n) is 4.09. The minimum absolute atomic E-state index is 0.244. The molecule has 0 aromatic heterocycles. The molecule has 1 aliphatic heterocycles. The SMILES string of the molecule is COCCC(C)N1CCCC(C#N)C1. The molecule has 3 heteroatoms. The standard InChI is InChI=1S/C11H20N2O/c1-10(5-7-14-2)13-6-3-4-11(8-12)9-13/h10-11H,3-7,9H2,1-2H3. The Morgan fingerprint density at radius 2 is 2.43 bits per heavy atom. The Bertz CT molecular complexity index is 200. The van der Waals surface area contributed by atoms with Crippen molar-refractivity contribution >= 4 is 0 Å². The third-order valence-corrected chi connectivity index (χ3v) is 3.00. The molecule has 0 N–H and O–H groups in total. The minimum atomic E-state index is 0.244. The first-order valence-electron chi connectivity index (χ1n) is 5.40. The highest BCUT2D eigenvalue weighted by Gasteiger charge is 2.22. The average molecular weight is 196 g/mol. The van der Waals surface area contributed by atoms with Gasteiger partial charge in [0, 0.05) is 26.3 Å². The fraction of sp³-hybridized carbons (Fsp3) is 0.909. The van der Waals surface area contributed by atoms with Crippen molar-refractivity contribution < 1.29 is 4.74 Å². The van der Waals surface area contributed by atoms with E-state index in [1.165, 1.54) is 0 Å². The van der Waals surface area contributed by atoms with Crippen molar-refractivity contribution in [2.24, 2.45) is 5.92 Å². The predicted molar refractivity (Wildman–Crippen MR) is 55.9 cm³/mol. The van der Waals surface area contributed by atoms with Crippen LogP contribution < -0.4 is 0 Å². The molecule has 14 heavy (non-hydrogen) atoms. The Hall–Kier alpha value is -0.590. The molecule has 80 valence electrons. The maximum Gasteiger partial charge on any atom is 0.0669 e. The first-order valence-corrected chi connectivity index (χ1v) is 5.40. The highest BCUT2D eigenvalue weighted by molar-refractivity contribution is 4.89. The Morgan fingerprint density at radius 1 is 1.64 bits per heavy atom. The zero-order chi connectivity index (χ0) is 10.4. The molecule has 0 saturated carbocycles. The van der Waals surface area contributed by atoms with Crippen LogP contribution in [0.4, 0.5) is 0 Å². The van der Waals surface area contributed by atoms with E-state index in [1.54, 1.807) is 7.11 Å². The second-order valence-corrected chi connectivity index (χ2v) is 4.09. The molecule has 1 heterocycles. The van der Waals surface area contributed by atoms with Crippen LogP contribution in [0.25, 0.3) is 0 Å². The minimum Gasteiger partial charge on any atom is -0.385 e. The number of ether oxygens (including phenoxy) is 1. The van der Waals surface area contributed by atoms with Gasteiger partial charge in [-0.05, 0) is 32.7 Å². The molecule has 0 bridgehead atoms. The first-order chi connectivity index (χ1) is 6.77. The number of nitrogens with zero attached hydrogens (tertiary/aromatic N) is 2. The number of likely N-dealkylation sites (tertiary alicyclic amines) is 1. The molecule has 2 atom stereocenters. The molecule has 0 aromatic carbocycles. The van der Waals surface area contributed by atoms with E-state index in [2.05, 4.69) is 17.9 Å². The van der Waals surface area contributed by atoms with Gasteiger partial charge < -0.3 is 4.74 Å². The van der Waals surface area contributed by atoms with Crippen molar-refractivity contribution in [1.82, 2.24) is 4.90 Å². The van der Waals surface area contributed by atoms with Crippen LogP contribution in [0.15, 0.2) is 0 Å². The van der Waals surface area contributed by atoms with Crippen molar-refractivity contribution in [3.8, 4) is 6.07 Å². The molecule has 1 aliphatic rings. The van der Waals surface area contributed by atoms with E-state index in [-0.39, 0.29) is 5.92 Å². The number of rotatable bonds is 4. The maximum absolute atomic E-state index is 8.87. The summed E-state index contributed by atoms with van der Waals surface area (Å²) in [5.74, 6) is 0.244. The van der Waals surface area contributed by atoms with E-state index < -0.39 is 0 Å². The van der Waals surface area contributed by atoms with Crippen molar-refractivity contribution in [3.63, 3.8) is 0 Å². The van der Waals surface area contributed by atoms with Crippen LogP contribution in [0.3, 0.4) is 0 Å². The van der Waals surface area contributed by atoms with E-state index in [0.29, 0.717) is 6.04 Å². The summed E-state index contributed by atoms with van der Waals surface area (Å²) in [4.78, 5) is 2.41. The van der Waals surface area contributed by atoms with Crippen molar-refractivity contribution in [2.75, 3.05) is 26.8 Å². The second kappa shape index (κ2) is 6.00. The van der Waals surface area contributed by atoms with Gasteiger partial charge in [0.2, 0.25) is 0 Å². The molecule has 1 fully saturated rings. The van der Waals surface area contributed by atoms with E-state index in [1.807, 2.05) is 0 Å². The molecule has 3 nitrogen and oxygen atoms in total. The lowest BCUT2D eigenvalue weighted by Crippen LogP contribution is -2.41. The van der Waals surface area contributed by atoms with Crippen LogP contribution in [0.2, 0.25) is 0 Å². The highest BCUT2D eigenvalue weighted by Crippen LogP contribution is 2.18. The van der Waals surface area contributed by atoms with E-state index in [9.17, 15) is 0 Å². The molecule has 0 radical (unpaired) electrons. The van der Waals surface area contributed by atoms with Gasteiger partial charge in [0.15, 0.2) is 0 Å². The molecule has 1 saturated heterocycles. The van der Waals surface area contributed by atoms with Gasteiger partial charge in [0.1, 0.15) is 0 Å². The molecular weight excluding hydrogens is 176 g/mol. The van der Waals surface area contributed by atoms with Gasteiger partial charge in [-0.25, -0.2) is 0 Å². The quantitative estimate of drug-likeness (QED) is 0.686. The predicted octanol–water partition coefficient (Wildman–Crippen LogP) is 1.65. The van der Waals surface area contributed by atoms with Gasteiger partial charge in [-0.3, -0.25) is 4.90 Å². The molecule has 0 aromatic rings. The van der Waals surface area contributed by atoms with Crippen LogP contribution in [-0.2, 0) is 4.74 Å². The lowest BCUT2D eigenvalue weighted by molar-refractivity contribution is 0.111. The third kappa shape index (κ3) is 3.28. The van der Waals surface area contributed by atoms with E-state index in [4.69, 9.17) is 10.00 Å². The Labute approximate surface area is 86.6 Å². The number of methoxy groups -OCH3 is 1. The van der Waals surface area contributed by atoms with Crippen molar-refractivity contribution in [3.05, 3.63) is 0 Å². The summed E-state index contributed by atoms with van der Waals surface area (Å²) in [6.07, 6.45) is 3.30. The smallest absolute Gasteiger partial charge is 0.0669 e. The fourth-order valence-corrected chi connectivity index (χ4v) is 1.98. The number of hydrogen-bond acceptors (Lipinski definition) is 3. The molecule has 0 aliphatic carbocycles. The molecular formula is C11H20N2O. The van der Waals surface area contributed by atoms with Gasteiger partial charge in [-0.15, -0.1) is 0 Å². The van der Waals surface area contributed by atoms with Crippen LogP contribution in [0.5, 0.6) is 0 Å². The lowest BCUT2D eigenvalue weighted by atomic mass is 9.98. The van der Waals surface area contributed by atoms with E-state index in [0.717, 1.165) is 39.0 Å². The van der Waals surface area contributed by atoms with Crippen LogP contribution >= 0.6 is 0 Å². The Balaban J connectivity index is 2.32. The molecule has 0 spiro atoms. The molecule has 1 rings (SSSR count). The summed E-state index contributed by atoms with van der Waals surface area (Å²) in [6, 6.07) is 2.92. The largest absolute Gasteiger partial charge is 0.385 e. The number of nitriles is 1. The maximum atomic E-state index is 8.87. The van der Waals surface area contributed by atoms with Gasteiger partial charge in [-0.2, -0.15) is 5.26 Å². The third-order valence-electron chi connectivity index (χ3n) is 3.00. The Morgan fingerprint density at radius 3 is 3.07 bits per heavy atom. The average Bonchev–Trinajstić information content (AvgIpc) is 2.26. The monoisotopic (exact) mass is 196 g/mol. The first kappa shape index (κ1) is 11.5. The van der Waals surface area contributed by atoms with Crippen molar-refractivity contribution in [2.45, 2.75) is 32.2 Å². The van der Waals surface area contributed by atoms with Gasteiger partial charge >= 0.3 is 0 Å². The Kier molecular flexibility index (Phi) is 4.92. The summed E-state index contributed by atoms with van der Waals surface area (Å²) < 4.78 is 5.06. The zero-order valence-electron chi connectivity index (χ0n) is 9.20. The number of hydrogen-bond donors (Lipinski definition) is 0. The summed E-state index contributed by atoms with van der Waals surface area (Å²) in [7, 11) is 1.74. The van der Waals surface area contributed by atoms with Crippen LogP contribution in [-0.4, -0.2) is 37.7 Å². The van der Waals surface area contributed by atoms with Gasteiger partial charge in [-0.1, -0.05) is 0 Å². The summed E-state index contributed by atoms with van der Waals surface area (Å²) in [5.41, 5.74) is 0. The molecule has 0 amide bonds. The fourth-order valence-electron chi connectivity index (χ4n) is 1.98. The highest BCUT2D eigenvalue weighted by atomic mass is 16.5. The van der Waals surface area contributed by atoms with Crippen molar-refractivity contribution in [1.29, 1.82) is 5.26 Å². The number of piperidine rings is 1. The lowest BCUT2D eigenvalue weighted by Gasteiger charge is -2.34. The zero-order valence-corrected chi connectivity index (χ0v) is 9.20. The summed E-state index contributed by atoms with van der Waals surface area (Å²) in [5, 5.41) is 8.87. The molecule has 2 unspecified atom stereocenters. The normalized spacial score (nSPS) is 25.6. The summed E-state index contributed by atoms with van der Waals surface area (Å²) >= 11 is 0. The van der Waals surface area contributed by atoms with E-state index >= 15 is 0 Å². The van der Waals surface area contributed by atoms with Gasteiger partial charge in [0.05, 0.1) is 12.0 Å². The summed E-state index contributed by atoms with van der Waals surface area (Å²) in [6.45, 7) is 5.12. The van der Waals surface area contributed by atoms with Crippen LogP contribution in [0.1, 0.15) is 26.2 Å².